The lowest BCUT2D eigenvalue weighted by Crippen LogP contribution is -2.41. The first-order valence-corrected chi connectivity index (χ1v) is 12.9. The van der Waals surface area contributed by atoms with E-state index in [1.807, 2.05) is 45.0 Å². The Morgan fingerprint density at radius 2 is 1.80 bits per heavy atom. The van der Waals surface area contributed by atoms with Crippen LogP contribution in [0.5, 0.6) is 0 Å². The highest BCUT2D eigenvalue weighted by Gasteiger charge is 2.45. The van der Waals surface area contributed by atoms with Crippen LogP contribution in [0.25, 0.3) is 0 Å². The predicted molar refractivity (Wildman–Crippen MR) is 132 cm³/mol. The van der Waals surface area contributed by atoms with E-state index < -0.39 is 27.3 Å². The van der Waals surface area contributed by atoms with Gasteiger partial charge in [-0.2, -0.15) is 0 Å². The van der Waals surface area contributed by atoms with Crippen LogP contribution in [0, 0.1) is 18.3 Å². The molecule has 0 radical (unpaired) electrons. The van der Waals surface area contributed by atoms with E-state index in [0.29, 0.717) is 29.1 Å². The third-order valence-corrected chi connectivity index (χ3v) is 7.74. The van der Waals surface area contributed by atoms with E-state index >= 15 is 0 Å². The summed E-state index contributed by atoms with van der Waals surface area (Å²) in [6.45, 7) is 7.86. The Morgan fingerprint density at radius 3 is 2.29 bits per heavy atom. The van der Waals surface area contributed by atoms with E-state index in [1.165, 1.54) is 0 Å². The molecule has 3 atom stereocenters. The smallest absolute Gasteiger partial charge is 0.251 e. The largest absolute Gasteiger partial charge is 0.772 e. The second kappa shape index (κ2) is 9.68. The van der Waals surface area contributed by atoms with E-state index in [-0.39, 0.29) is 11.8 Å². The number of benzene rings is 2. The van der Waals surface area contributed by atoms with E-state index in [9.17, 15) is 18.7 Å². The lowest BCUT2D eigenvalue weighted by atomic mass is 9.70. The van der Waals surface area contributed by atoms with Gasteiger partial charge in [-0.15, -0.1) is 0 Å². The van der Waals surface area contributed by atoms with Gasteiger partial charge in [0.15, 0.2) is 0 Å². The summed E-state index contributed by atoms with van der Waals surface area (Å²) in [5.41, 5.74) is 1.21. The molecule has 3 unspecified atom stereocenters. The second-order valence-corrected chi connectivity index (χ2v) is 11.3. The minimum absolute atomic E-state index is 0.214. The van der Waals surface area contributed by atoms with Gasteiger partial charge < -0.3 is 19.5 Å². The van der Waals surface area contributed by atoms with Crippen LogP contribution in [0.4, 0.5) is 0 Å². The van der Waals surface area contributed by atoms with Crippen LogP contribution in [-0.4, -0.2) is 24.9 Å². The molecule has 0 aliphatic heterocycles. The van der Waals surface area contributed by atoms with Gasteiger partial charge in [0.25, 0.3) is 5.91 Å². The van der Waals surface area contributed by atoms with Crippen molar-refractivity contribution in [3.8, 4) is 0 Å². The van der Waals surface area contributed by atoms with Crippen molar-refractivity contribution < 1.29 is 23.2 Å². The van der Waals surface area contributed by atoms with Gasteiger partial charge in [0, 0.05) is 28.8 Å². The monoisotopic (exact) mass is 495 g/mol. The maximum atomic E-state index is 12.7. The summed E-state index contributed by atoms with van der Waals surface area (Å²) in [6.07, 6.45) is 1.89. The predicted octanol–water partition coefficient (Wildman–Crippen LogP) is 4.53. The lowest BCUT2D eigenvalue weighted by molar-refractivity contribution is -0.0317. The van der Waals surface area contributed by atoms with Gasteiger partial charge in [-0.25, -0.2) is 0 Å². The van der Waals surface area contributed by atoms with Gasteiger partial charge in [-0.3, -0.25) is 9.00 Å². The second-order valence-electron chi connectivity index (χ2n) is 10.3. The van der Waals surface area contributed by atoms with Gasteiger partial charge in [-0.05, 0) is 65.6 Å². The molecule has 1 amide bonds. The van der Waals surface area contributed by atoms with Crippen LogP contribution < -0.4 is 5.32 Å². The summed E-state index contributed by atoms with van der Waals surface area (Å²) >= 11 is -2.14. The van der Waals surface area contributed by atoms with Crippen molar-refractivity contribution >= 4 is 17.0 Å². The first-order chi connectivity index (χ1) is 16.5. The molecule has 1 fully saturated rings. The van der Waals surface area contributed by atoms with Crippen LogP contribution in [-0.2, 0) is 23.2 Å². The molecule has 4 rings (SSSR count). The molecule has 2 aromatic carbocycles. The molecule has 8 heteroatoms. The normalized spacial score (nSPS) is 17.4. The minimum Gasteiger partial charge on any atom is -0.772 e. The van der Waals surface area contributed by atoms with Crippen molar-refractivity contribution in [1.82, 2.24) is 10.5 Å². The molecule has 1 aliphatic carbocycles. The maximum Gasteiger partial charge on any atom is 0.251 e. The van der Waals surface area contributed by atoms with E-state index in [4.69, 9.17) is 4.52 Å². The zero-order valence-electron chi connectivity index (χ0n) is 20.4. The Labute approximate surface area is 208 Å². The van der Waals surface area contributed by atoms with Gasteiger partial charge >= 0.3 is 0 Å². The Bertz CT molecular complexity index is 1210. The molecule has 186 valence electrons. The zero-order chi connectivity index (χ0) is 25.4. The topological polar surface area (TPSA) is 115 Å². The number of carbonyl (C=O) groups is 1. The van der Waals surface area contributed by atoms with Crippen LogP contribution in [0.3, 0.4) is 0 Å². The average molecular weight is 496 g/mol. The number of hydrogen-bond acceptors (Lipinski definition) is 6. The number of hydrogen-bond donors (Lipinski definition) is 2. The van der Waals surface area contributed by atoms with Crippen molar-refractivity contribution in [1.29, 1.82) is 0 Å². The molecular weight excluding hydrogens is 464 g/mol. The summed E-state index contributed by atoms with van der Waals surface area (Å²) < 4.78 is 28.4. The maximum absolute atomic E-state index is 12.7. The molecule has 1 heterocycles. The van der Waals surface area contributed by atoms with E-state index in [0.717, 1.165) is 24.0 Å². The molecular formula is C27H31N2O5S-. The molecule has 0 bridgehead atoms. The number of carbonyl (C=O) groups excluding carboxylic acids is 1. The molecule has 1 aromatic heterocycles. The van der Waals surface area contributed by atoms with Crippen LogP contribution >= 0.6 is 0 Å². The zero-order valence-corrected chi connectivity index (χ0v) is 21.2. The van der Waals surface area contributed by atoms with Gasteiger partial charge in [0.2, 0.25) is 0 Å². The van der Waals surface area contributed by atoms with Crippen molar-refractivity contribution in [2.45, 2.75) is 57.9 Å². The summed E-state index contributed by atoms with van der Waals surface area (Å²) in [7, 11) is 0. The van der Waals surface area contributed by atoms with Crippen molar-refractivity contribution in [2.75, 3.05) is 0 Å². The molecule has 0 spiro atoms. The van der Waals surface area contributed by atoms with Crippen molar-refractivity contribution in [2.24, 2.45) is 11.3 Å². The van der Waals surface area contributed by atoms with Gasteiger partial charge in [0.05, 0.1) is 0 Å². The molecule has 0 saturated heterocycles. The summed E-state index contributed by atoms with van der Waals surface area (Å²) in [5.74, 6) is 0.580. The number of amides is 1. The quantitative estimate of drug-likeness (QED) is 0.444. The number of rotatable bonds is 8. The summed E-state index contributed by atoms with van der Waals surface area (Å²) in [6, 6.07) is 15.9. The fourth-order valence-electron chi connectivity index (χ4n) is 4.41. The van der Waals surface area contributed by atoms with Crippen LogP contribution in [0.2, 0.25) is 0 Å². The Morgan fingerprint density at radius 1 is 1.17 bits per heavy atom. The molecule has 2 N–H and O–H groups in total. The van der Waals surface area contributed by atoms with E-state index in [1.54, 1.807) is 37.3 Å². The van der Waals surface area contributed by atoms with Crippen LogP contribution in [0.15, 0.2) is 59.1 Å². The fraction of sp³-hybridized carbons (Fsp3) is 0.407. The van der Waals surface area contributed by atoms with Crippen LogP contribution in [0.1, 0.15) is 77.4 Å². The summed E-state index contributed by atoms with van der Waals surface area (Å²) in [5, 5.41) is 18.2. The highest BCUT2D eigenvalue weighted by molar-refractivity contribution is 7.79. The molecule has 1 saturated carbocycles. The first-order valence-electron chi connectivity index (χ1n) is 11.7. The molecule has 3 aromatic rings. The number of aryl methyl sites for hydroxylation is 1. The molecule has 7 nitrogen and oxygen atoms in total. The summed E-state index contributed by atoms with van der Waals surface area (Å²) in [4.78, 5) is 12.7. The minimum atomic E-state index is -2.14. The number of nitrogens with one attached hydrogen (secondary N) is 1. The Kier molecular flexibility index (Phi) is 6.99. The SMILES string of the molecule is Cc1cc(C(O)(c2ccc(C(=O)NCc3ccc(C(C4CC4)S(=O)[O-])cc3)cc2)C(C)(C)C)no1. The molecule has 1 aliphatic rings. The lowest BCUT2D eigenvalue weighted by Gasteiger charge is -2.39. The third kappa shape index (κ3) is 5.24. The highest BCUT2D eigenvalue weighted by Crippen LogP contribution is 2.45. The first kappa shape index (κ1) is 25.3. The standard InChI is InChI=1S/C27H32N2O5S/c1-17-15-23(29-34-17)27(31,26(2,3)4)22-13-11-21(12-14-22)25(30)28-16-18-5-7-19(8-6-18)24(35(32)33)20-9-10-20/h5-8,11-15,20,24,31H,9-10,16H2,1-4H3,(H,28,30)(H,32,33)/p-1. The Balaban J connectivity index is 1.44. The Hall–Kier alpha value is -2.81. The van der Waals surface area contributed by atoms with E-state index in [2.05, 4.69) is 10.5 Å². The van der Waals surface area contributed by atoms with Crippen molar-refractivity contribution in [3.63, 3.8) is 0 Å². The highest BCUT2D eigenvalue weighted by atomic mass is 32.2. The number of aliphatic hydroxyl groups is 1. The van der Waals surface area contributed by atoms with Gasteiger partial charge in [0.1, 0.15) is 17.1 Å². The van der Waals surface area contributed by atoms with Crippen molar-refractivity contribution in [3.05, 3.63) is 88.3 Å². The third-order valence-electron chi connectivity index (χ3n) is 6.67. The van der Waals surface area contributed by atoms with Gasteiger partial charge in [-0.1, -0.05) is 62.3 Å². The number of nitrogens with zero attached hydrogens (tertiary/aromatic N) is 1. The molecule has 35 heavy (non-hydrogen) atoms. The fourth-order valence-corrected chi connectivity index (χ4v) is 5.38. The average Bonchev–Trinajstić information content (AvgIpc) is 3.55. The number of aromatic nitrogens is 1.